The molecule has 6 heteroatoms. The molecule has 6 nitrogen and oxygen atoms in total. The lowest BCUT2D eigenvalue weighted by molar-refractivity contribution is -0.122. The number of hydrogen-bond donors (Lipinski definition) is 1. The summed E-state index contributed by atoms with van der Waals surface area (Å²) in [6.07, 6.45) is 0.158. The Morgan fingerprint density at radius 1 is 1.11 bits per heavy atom. The van der Waals surface area contributed by atoms with Crippen LogP contribution < -0.4 is 19.7 Å². The van der Waals surface area contributed by atoms with Gasteiger partial charge in [0.25, 0.3) is 0 Å². The molecule has 142 valence electrons. The molecule has 0 saturated carbocycles. The zero-order chi connectivity index (χ0) is 19.4. The van der Waals surface area contributed by atoms with Gasteiger partial charge in [0.05, 0.1) is 30.5 Å². The van der Waals surface area contributed by atoms with Gasteiger partial charge in [-0.1, -0.05) is 24.3 Å². The van der Waals surface area contributed by atoms with Crippen LogP contribution in [0.15, 0.2) is 48.5 Å². The number of carbonyl (C=O) groups excluding carboxylic acids is 2. The van der Waals surface area contributed by atoms with Gasteiger partial charge in [-0.25, -0.2) is 0 Å². The van der Waals surface area contributed by atoms with E-state index in [4.69, 9.17) is 9.47 Å². The predicted octanol–water partition coefficient (Wildman–Crippen LogP) is 3.47. The van der Waals surface area contributed by atoms with E-state index in [0.717, 1.165) is 0 Å². The van der Waals surface area contributed by atoms with Crippen molar-refractivity contribution < 1.29 is 19.1 Å². The van der Waals surface area contributed by atoms with Gasteiger partial charge in [0, 0.05) is 13.0 Å². The van der Waals surface area contributed by atoms with Crippen molar-refractivity contribution in [1.82, 2.24) is 0 Å². The van der Waals surface area contributed by atoms with E-state index in [2.05, 4.69) is 5.32 Å². The standard InChI is InChI=1S/C21H24N2O4/c1-14(2)27-19-11-7-5-9-17(19)23-13-15(12-20(23)24)21(25)22-16-8-4-6-10-18(16)26-3/h4-11,14-15H,12-13H2,1-3H3,(H,22,25). The first-order valence-electron chi connectivity index (χ1n) is 8.99. The van der Waals surface area contributed by atoms with E-state index < -0.39 is 5.92 Å². The summed E-state index contributed by atoms with van der Waals surface area (Å²) in [4.78, 5) is 26.9. The molecular formula is C21H24N2O4. The Morgan fingerprint density at radius 2 is 1.78 bits per heavy atom. The third kappa shape index (κ3) is 4.22. The summed E-state index contributed by atoms with van der Waals surface area (Å²) in [6.45, 7) is 4.19. The fraction of sp³-hybridized carbons (Fsp3) is 0.333. The fourth-order valence-corrected chi connectivity index (χ4v) is 3.13. The molecule has 0 radical (unpaired) electrons. The fourth-order valence-electron chi connectivity index (χ4n) is 3.13. The second-order valence-electron chi connectivity index (χ2n) is 6.73. The average molecular weight is 368 g/mol. The molecule has 2 aromatic rings. The van der Waals surface area contributed by atoms with Crippen LogP contribution in [-0.2, 0) is 9.59 Å². The summed E-state index contributed by atoms with van der Waals surface area (Å²) < 4.78 is 11.1. The molecule has 3 rings (SSSR count). The van der Waals surface area contributed by atoms with E-state index in [1.807, 2.05) is 50.2 Å². The summed E-state index contributed by atoms with van der Waals surface area (Å²) >= 11 is 0. The van der Waals surface area contributed by atoms with E-state index in [1.54, 1.807) is 24.1 Å². The predicted molar refractivity (Wildman–Crippen MR) is 104 cm³/mol. The lowest BCUT2D eigenvalue weighted by Gasteiger charge is -2.21. The van der Waals surface area contributed by atoms with Gasteiger partial charge < -0.3 is 19.7 Å². The van der Waals surface area contributed by atoms with Gasteiger partial charge in [0.1, 0.15) is 11.5 Å². The Hall–Kier alpha value is -3.02. The van der Waals surface area contributed by atoms with Gasteiger partial charge in [-0.2, -0.15) is 0 Å². The molecule has 1 saturated heterocycles. The third-order valence-corrected chi connectivity index (χ3v) is 4.38. The van der Waals surface area contributed by atoms with Gasteiger partial charge >= 0.3 is 0 Å². The number of rotatable bonds is 6. The number of anilines is 2. The smallest absolute Gasteiger partial charge is 0.229 e. The van der Waals surface area contributed by atoms with Crippen LogP contribution in [-0.4, -0.2) is 31.6 Å². The first-order valence-corrected chi connectivity index (χ1v) is 8.99. The van der Waals surface area contributed by atoms with Crippen LogP contribution in [0.25, 0.3) is 0 Å². The van der Waals surface area contributed by atoms with Gasteiger partial charge in [-0.15, -0.1) is 0 Å². The van der Waals surface area contributed by atoms with E-state index in [1.165, 1.54) is 0 Å². The van der Waals surface area contributed by atoms with Crippen molar-refractivity contribution in [2.75, 3.05) is 23.9 Å². The molecule has 2 aromatic carbocycles. The molecule has 1 heterocycles. The largest absolute Gasteiger partial charge is 0.495 e. The van der Waals surface area contributed by atoms with Crippen LogP contribution in [0.2, 0.25) is 0 Å². The molecule has 0 spiro atoms. The molecule has 1 atom stereocenters. The maximum atomic E-state index is 12.7. The van der Waals surface area contributed by atoms with Crippen molar-refractivity contribution in [1.29, 1.82) is 0 Å². The third-order valence-electron chi connectivity index (χ3n) is 4.38. The molecule has 0 aliphatic carbocycles. The zero-order valence-electron chi connectivity index (χ0n) is 15.8. The van der Waals surface area contributed by atoms with Crippen molar-refractivity contribution in [3.8, 4) is 11.5 Å². The number of ether oxygens (including phenoxy) is 2. The molecule has 0 aromatic heterocycles. The Bertz CT molecular complexity index is 834. The highest BCUT2D eigenvalue weighted by atomic mass is 16.5. The van der Waals surface area contributed by atoms with Crippen LogP contribution >= 0.6 is 0 Å². The number of carbonyl (C=O) groups is 2. The van der Waals surface area contributed by atoms with Crippen molar-refractivity contribution >= 4 is 23.2 Å². The van der Waals surface area contributed by atoms with Gasteiger partial charge in [0.2, 0.25) is 11.8 Å². The minimum atomic E-state index is -0.436. The molecule has 1 aliphatic heterocycles. The second-order valence-corrected chi connectivity index (χ2v) is 6.73. The highest BCUT2D eigenvalue weighted by Crippen LogP contribution is 2.34. The van der Waals surface area contributed by atoms with Crippen molar-refractivity contribution in [3.05, 3.63) is 48.5 Å². The summed E-state index contributed by atoms with van der Waals surface area (Å²) in [5.74, 6) is 0.511. The normalized spacial score (nSPS) is 16.5. The molecule has 1 fully saturated rings. The summed E-state index contributed by atoms with van der Waals surface area (Å²) in [6, 6.07) is 14.6. The summed E-state index contributed by atoms with van der Waals surface area (Å²) in [5.41, 5.74) is 1.29. The van der Waals surface area contributed by atoms with Gasteiger partial charge in [-0.05, 0) is 38.1 Å². The molecule has 1 N–H and O–H groups in total. The SMILES string of the molecule is COc1ccccc1NC(=O)C1CC(=O)N(c2ccccc2OC(C)C)C1. The van der Waals surface area contributed by atoms with E-state index in [0.29, 0.717) is 29.4 Å². The lowest BCUT2D eigenvalue weighted by Crippen LogP contribution is -2.28. The number of methoxy groups -OCH3 is 1. The number of nitrogens with one attached hydrogen (secondary N) is 1. The van der Waals surface area contributed by atoms with Crippen molar-refractivity contribution in [3.63, 3.8) is 0 Å². The quantitative estimate of drug-likeness (QED) is 0.848. The maximum Gasteiger partial charge on any atom is 0.229 e. The van der Waals surface area contributed by atoms with Crippen LogP contribution in [0.3, 0.4) is 0 Å². The second kappa shape index (κ2) is 8.12. The highest BCUT2D eigenvalue weighted by Gasteiger charge is 2.36. The lowest BCUT2D eigenvalue weighted by atomic mass is 10.1. The van der Waals surface area contributed by atoms with Crippen LogP contribution in [0.1, 0.15) is 20.3 Å². The number of hydrogen-bond acceptors (Lipinski definition) is 4. The van der Waals surface area contributed by atoms with Crippen molar-refractivity contribution in [2.45, 2.75) is 26.4 Å². The molecular weight excluding hydrogens is 344 g/mol. The average Bonchev–Trinajstić information content (AvgIpc) is 3.04. The number of benzene rings is 2. The van der Waals surface area contributed by atoms with E-state index >= 15 is 0 Å². The van der Waals surface area contributed by atoms with Crippen LogP contribution in [0.4, 0.5) is 11.4 Å². The van der Waals surface area contributed by atoms with E-state index in [-0.39, 0.29) is 24.3 Å². The highest BCUT2D eigenvalue weighted by molar-refractivity contribution is 6.04. The number of amides is 2. The zero-order valence-corrected chi connectivity index (χ0v) is 15.8. The monoisotopic (exact) mass is 368 g/mol. The first kappa shape index (κ1) is 18.8. The topological polar surface area (TPSA) is 67.9 Å². The van der Waals surface area contributed by atoms with E-state index in [9.17, 15) is 9.59 Å². The summed E-state index contributed by atoms with van der Waals surface area (Å²) in [7, 11) is 1.55. The molecule has 0 bridgehead atoms. The number of nitrogens with zero attached hydrogens (tertiary/aromatic N) is 1. The Balaban J connectivity index is 1.75. The molecule has 1 unspecified atom stereocenters. The Labute approximate surface area is 159 Å². The number of para-hydroxylation sites is 4. The van der Waals surface area contributed by atoms with Crippen molar-refractivity contribution in [2.24, 2.45) is 5.92 Å². The maximum absolute atomic E-state index is 12.7. The molecule has 1 aliphatic rings. The molecule has 2 amide bonds. The Kier molecular flexibility index (Phi) is 5.64. The minimum Gasteiger partial charge on any atom is -0.495 e. The minimum absolute atomic E-state index is 0.00602. The first-order chi connectivity index (χ1) is 13.0. The van der Waals surface area contributed by atoms with Crippen LogP contribution in [0, 0.1) is 5.92 Å². The van der Waals surface area contributed by atoms with Crippen LogP contribution in [0.5, 0.6) is 11.5 Å². The Morgan fingerprint density at radius 3 is 2.48 bits per heavy atom. The summed E-state index contributed by atoms with van der Waals surface area (Å²) in [5, 5.41) is 2.87. The van der Waals surface area contributed by atoms with Gasteiger partial charge in [0.15, 0.2) is 0 Å². The van der Waals surface area contributed by atoms with Gasteiger partial charge in [-0.3, -0.25) is 9.59 Å². The molecule has 27 heavy (non-hydrogen) atoms.